The van der Waals surface area contributed by atoms with Crippen LogP contribution in [0.2, 0.25) is 0 Å². The third kappa shape index (κ3) is 2.43. The zero-order chi connectivity index (χ0) is 14.1. The van der Waals surface area contributed by atoms with Gasteiger partial charge in [-0.05, 0) is 41.5 Å². The maximum absolute atomic E-state index is 4.06. The first-order valence-corrected chi connectivity index (χ1v) is 7.99. The minimum absolute atomic E-state index is 1.04. The molecule has 0 spiro atoms. The molecular formula is C17H15N3S. The number of fused-ring (bicyclic) bond motifs is 1. The van der Waals surface area contributed by atoms with Crippen LogP contribution in [0.5, 0.6) is 0 Å². The van der Waals surface area contributed by atoms with E-state index in [1.807, 2.05) is 42.5 Å². The molecular weight excluding hydrogens is 278 g/mol. The molecule has 0 unspecified atom stereocenters. The first kappa shape index (κ1) is 12.5. The molecule has 2 N–H and O–H groups in total. The summed E-state index contributed by atoms with van der Waals surface area (Å²) in [6.07, 6.45) is 5.69. The average Bonchev–Trinajstić information content (AvgIpc) is 3.05. The van der Waals surface area contributed by atoms with Gasteiger partial charge in [-0.1, -0.05) is 6.07 Å². The third-order valence-electron chi connectivity index (χ3n) is 3.66. The minimum Gasteiger partial charge on any atom is -0.383 e. The summed E-state index contributed by atoms with van der Waals surface area (Å²) in [5.74, 6) is 1.14. The lowest BCUT2D eigenvalue weighted by atomic mass is 10.1. The Bertz CT molecular complexity index is 765. The Balaban J connectivity index is 1.70. The summed E-state index contributed by atoms with van der Waals surface area (Å²) in [7, 11) is 0. The van der Waals surface area contributed by atoms with E-state index in [4.69, 9.17) is 0 Å². The number of hydrogen-bond donors (Lipinski definition) is 2. The predicted molar refractivity (Wildman–Crippen MR) is 88.7 cm³/mol. The van der Waals surface area contributed by atoms with Crippen molar-refractivity contribution in [2.24, 2.45) is 0 Å². The topological polar surface area (TPSA) is 40.7 Å². The highest BCUT2D eigenvalue weighted by Crippen LogP contribution is 2.35. The van der Waals surface area contributed by atoms with E-state index in [9.17, 15) is 0 Å². The standard InChI is InChI=1S/C17H15N3S/c1-2-17-16(19-7-8-21-17)9-13(1)15-10-14(11-20-15)12-3-5-18-6-4-12/h1-6,9-11,19-20H,7-8H2. The van der Waals surface area contributed by atoms with Crippen LogP contribution in [0.25, 0.3) is 22.4 Å². The molecule has 0 saturated carbocycles. The van der Waals surface area contributed by atoms with Gasteiger partial charge in [0.25, 0.3) is 0 Å². The van der Waals surface area contributed by atoms with E-state index < -0.39 is 0 Å². The molecule has 104 valence electrons. The number of H-pyrrole nitrogens is 1. The molecule has 3 heterocycles. The summed E-state index contributed by atoms with van der Waals surface area (Å²) in [6.45, 7) is 1.04. The van der Waals surface area contributed by atoms with Gasteiger partial charge in [0.2, 0.25) is 0 Å². The molecule has 3 nitrogen and oxygen atoms in total. The molecule has 0 atom stereocenters. The van der Waals surface area contributed by atoms with E-state index in [2.05, 4.69) is 39.6 Å². The lowest BCUT2D eigenvalue weighted by molar-refractivity contribution is 1.17. The van der Waals surface area contributed by atoms with Gasteiger partial charge in [-0.25, -0.2) is 0 Å². The Labute approximate surface area is 127 Å². The molecule has 0 saturated heterocycles. The Morgan fingerprint density at radius 3 is 2.76 bits per heavy atom. The van der Waals surface area contributed by atoms with E-state index in [-0.39, 0.29) is 0 Å². The van der Waals surface area contributed by atoms with Gasteiger partial charge >= 0.3 is 0 Å². The van der Waals surface area contributed by atoms with E-state index >= 15 is 0 Å². The van der Waals surface area contributed by atoms with E-state index in [1.54, 1.807) is 0 Å². The number of pyridine rings is 1. The van der Waals surface area contributed by atoms with Gasteiger partial charge in [-0.15, -0.1) is 11.8 Å². The lowest BCUT2D eigenvalue weighted by Gasteiger charge is -2.17. The highest BCUT2D eigenvalue weighted by molar-refractivity contribution is 7.99. The van der Waals surface area contributed by atoms with Crippen LogP contribution in [0, 0.1) is 0 Å². The number of aromatic amines is 1. The molecule has 4 heteroatoms. The quantitative estimate of drug-likeness (QED) is 0.741. The van der Waals surface area contributed by atoms with Gasteiger partial charge in [-0.3, -0.25) is 4.98 Å². The van der Waals surface area contributed by atoms with E-state index in [0.29, 0.717) is 0 Å². The van der Waals surface area contributed by atoms with Crippen LogP contribution in [0.3, 0.4) is 0 Å². The van der Waals surface area contributed by atoms with Gasteiger partial charge in [0, 0.05) is 52.7 Å². The third-order valence-corrected chi connectivity index (χ3v) is 4.74. The van der Waals surface area contributed by atoms with Crippen LogP contribution in [0.15, 0.2) is 59.9 Å². The second-order valence-corrected chi connectivity index (χ2v) is 6.16. The normalized spacial score (nSPS) is 13.5. The van der Waals surface area contributed by atoms with Crippen molar-refractivity contribution >= 4 is 17.4 Å². The highest BCUT2D eigenvalue weighted by atomic mass is 32.2. The van der Waals surface area contributed by atoms with Crippen LogP contribution in [0.1, 0.15) is 0 Å². The highest BCUT2D eigenvalue weighted by Gasteiger charge is 2.11. The number of aromatic nitrogens is 2. The Hall–Kier alpha value is -2.20. The van der Waals surface area contributed by atoms with Crippen molar-refractivity contribution < 1.29 is 0 Å². The SMILES string of the molecule is c1cc(-c2c[nH]c(-c3ccc4c(c3)NCCS4)c2)ccn1. The number of nitrogens with one attached hydrogen (secondary N) is 2. The second kappa shape index (κ2) is 5.30. The van der Waals surface area contributed by atoms with Crippen LogP contribution in [-0.2, 0) is 0 Å². The number of rotatable bonds is 2. The molecule has 21 heavy (non-hydrogen) atoms. The van der Waals surface area contributed by atoms with Gasteiger partial charge in [-0.2, -0.15) is 0 Å². The van der Waals surface area contributed by atoms with Crippen molar-refractivity contribution in [2.45, 2.75) is 4.90 Å². The van der Waals surface area contributed by atoms with E-state index in [1.165, 1.54) is 27.3 Å². The predicted octanol–water partition coefficient (Wildman–Crippen LogP) is 4.26. The first-order valence-electron chi connectivity index (χ1n) is 7.00. The number of thioether (sulfide) groups is 1. The maximum Gasteiger partial charge on any atom is 0.0485 e. The van der Waals surface area contributed by atoms with Crippen LogP contribution >= 0.6 is 11.8 Å². The molecule has 1 aliphatic heterocycles. The number of nitrogens with zero attached hydrogens (tertiary/aromatic N) is 1. The summed E-state index contributed by atoms with van der Waals surface area (Å²) in [4.78, 5) is 8.77. The van der Waals surface area contributed by atoms with Gasteiger partial charge < -0.3 is 10.3 Å². The molecule has 0 bridgehead atoms. The summed E-state index contributed by atoms with van der Waals surface area (Å²) >= 11 is 1.92. The summed E-state index contributed by atoms with van der Waals surface area (Å²) < 4.78 is 0. The molecule has 0 amide bonds. The Kier molecular flexibility index (Phi) is 3.16. The molecule has 4 rings (SSSR count). The summed E-state index contributed by atoms with van der Waals surface area (Å²) in [5.41, 5.74) is 5.96. The maximum atomic E-state index is 4.06. The zero-order valence-corrected chi connectivity index (χ0v) is 12.3. The fourth-order valence-corrected chi connectivity index (χ4v) is 3.46. The molecule has 0 fully saturated rings. The van der Waals surface area contributed by atoms with Crippen molar-refractivity contribution in [2.75, 3.05) is 17.6 Å². The van der Waals surface area contributed by atoms with Crippen molar-refractivity contribution in [3.63, 3.8) is 0 Å². The van der Waals surface area contributed by atoms with Crippen LogP contribution < -0.4 is 5.32 Å². The van der Waals surface area contributed by atoms with Crippen LogP contribution in [0.4, 0.5) is 5.69 Å². The fraction of sp³-hybridized carbons (Fsp3) is 0.118. The molecule has 2 aromatic heterocycles. The number of hydrogen-bond acceptors (Lipinski definition) is 3. The zero-order valence-electron chi connectivity index (χ0n) is 11.5. The molecule has 1 aliphatic rings. The van der Waals surface area contributed by atoms with Crippen molar-refractivity contribution in [3.05, 3.63) is 55.0 Å². The Morgan fingerprint density at radius 1 is 0.952 bits per heavy atom. The van der Waals surface area contributed by atoms with Gasteiger partial charge in [0.1, 0.15) is 0 Å². The smallest absolute Gasteiger partial charge is 0.0485 e. The molecule has 0 aliphatic carbocycles. The summed E-state index contributed by atoms with van der Waals surface area (Å²) in [6, 6.07) is 12.8. The van der Waals surface area contributed by atoms with Crippen molar-refractivity contribution in [3.8, 4) is 22.4 Å². The second-order valence-electron chi connectivity index (χ2n) is 5.02. The number of benzene rings is 1. The first-order chi connectivity index (χ1) is 10.4. The molecule has 0 radical (unpaired) electrons. The minimum atomic E-state index is 1.04. The van der Waals surface area contributed by atoms with Gasteiger partial charge in [0.15, 0.2) is 0 Å². The van der Waals surface area contributed by atoms with Crippen LogP contribution in [-0.4, -0.2) is 22.3 Å². The van der Waals surface area contributed by atoms with Gasteiger partial charge in [0.05, 0.1) is 0 Å². The number of anilines is 1. The monoisotopic (exact) mass is 293 g/mol. The largest absolute Gasteiger partial charge is 0.383 e. The Morgan fingerprint density at radius 2 is 1.86 bits per heavy atom. The molecule has 1 aromatic carbocycles. The molecule has 3 aromatic rings. The lowest BCUT2D eigenvalue weighted by Crippen LogP contribution is -2.09. The van der Waals surface area contributed by atoms with E-state index in [0.717, 1.165) is 18.0 Å². The van der Waals surface area contributed by atoms with Crippen molar-refractivity contribution in [1.29, 1.82) is 0 Å². The fourth-order valence-electron chi connectivity index (χ4n) is 2.58. The average molecular weight is 293 g/mol. The summed E-state index contributed by atoms with van der Waals surface area (Å²) in [5, 5.41) is 3.47. The van der Waals surface area contributed by atoms with Crippen molar-refractivity contribution in [1.82, 2.24) is 9.97 Å².